The number of hydrogen-bond donors (Lipinski definition) is 3. The molecule has 0 radical (unpaired) electrons. The third-order valence-corrected chi connectivity index (χ3v) is 7.67. The average Bonchev–Trinajstić information content (AvgIpc) is 3.28. The van der Waals surface area contributed by atoms with Gasteiger partial charge in [0, 0.05) is 33.8 Å². The highest BCUT2D eigenvalue weighted by Gasteiger charge is 2.42. The second-order valence-electron chi connectivity index (χ2n) is 8.48. The Bertz CT molecular complexity index is 1240. The predicted molar refractivity (Wildman–Crippen MR) is 136 cm³/mol. The van der Waals surface area contributed by atoms with E-state index in [2.05, 4.69) is 22.6 Å². The van der Waals surface area contributed by atoms with Crippen LogP contribution in [-0.4, -0.2) is 35.7 Å². The molecule has 3 heterocycles. The zero-order valence-electron chi connectivity index (χ0n) is 18.5. The maximum atomic E-state index is 12.7. The van der Waals surface area contributed by atoms with Crippen molar-refractivity contribution in [2.75, 3.05) is 17.7 Å². The summed E-state index contributed by atoms with van der Waals surface area (Å²) in [6.07, 6.45) is 2.96. The number of benzene rings is 2. The molecule has 5 rings (SSSR count). The van der Waals surface area contributed by atoms with E-state index in [1.807, 2.05) is 18.2 Å². The Morgan fingerprint density at radius 2 is 1.65 bits per heavy atom. The first-order valence-electron chi connectivity index (χ1n) is 10.9. The van der Waals surface area contributed by atoms with E-state index >= 15 is 0 Å². The Hall–Kier alpha value is -3.20. The molecule has 2 atom stereocenters. The van der Waals surface area contributed by atoms with Crippen LogP contribution in [-0.2, 0) is 6.42 Å². The zero-order valence-corrected chi connectivity index (χ0v) is 20.2. The van der Waals surface area contributed by atoms with Gasteiger partial charge >= 0.3 is 6.03 Å². The number of primary amides is 1. The molecule has 3 aromatic rings. The summed E-state index contributed by atoms with van der Waals surface area (Å²) in [6.45, 7) is 0. The van der Waals surface area contributed by atoms with Gasteiger partial charge in [-0.15, -0.1) is 23.7 Å². The van der Waals surface area contributed by atoms with Gasteiger partial charge in [0.05, 0.1) is 5.56 Å². The monoisotopic (exact) mass is 496 g/mol. The van der Waals surface area contributed by atoms with Crippen LogP contribution in [0.4, 0.5) is 15.5 Å². The van der Waals surface area contributed by atoms with Gasteiger partial charge < -0.3 is 11.1 Å². The molecule has 0 aliphatic carbocycles. The van der Waals surface area contributed by atoms with Gasteiger partial charge in [0.25, 0.3) is 5.91 Å². The van der Waals surface area contributed by atoms with Gasteiger partial charge in [-0.3, -0.25) is 19.8 Å². The van der Waals surface area contributed by atoms with Crippen LogP contribution >= 0.6 is 23.7 Å². The molecule has 2 aliphatic rings. The van der Waals surface area contributed by atoms with Crippen molar-refractivity contribution in [3.63, 3.8) is 0 Å². The maximum absolute atomic E-state index is 12.7. The number of carbonyl (C=O) groups is 3. The van der Waals surface area contributed by atoms with Gasteiger partial charge in [0.2, 0.25) is 0 Å². The van der Waals surface area contributed by atoms with Gasteiger partial charge in [-0.05, 0) is 56.1 Å². The Kier molecular flexibility index (Phi) is 6.74. The van der Waals surface area contributed by atoms with E-state index in [-0.39, 0.29) is 24.2 Å². The first kappa shape index (κ1) is 23.9. The number of halogens is 1. The van der Waals surface area contributed by atoms with Crippen LogP contribution in [0.2, 0.25) is 0 Å². The van der Waals surface area contributed by atoms with Gasteiger partial charge in [0.15, 0.2) is 5.78 Å². The van der Waals surface area contributed by atoms with Crippen molar-refractivity contribution in [1.29, 1.82) is 0 Å². The Morgan fingerprint density at radius 1 is 0.971 bits per heavy atom. The first-order chi connectivity index (χ1) is 15.9. The number of thiophene rings is 1. The topological polar surface area (TPSA) is 105 Å². The Morgan fingerprint density at radius 3 is 2.32 bits per heavy atom. The molecule has 4 N–H and O–H groups in total. The van der Waals surface area contributed by atoms with E-state index in [0.29, 0.717) is 33.4 Å². The summed E-state index contributed by atoms with van der Waals surface area (Å²) < 4.78 is 0. The number of likely N-dealkylation sites (N-methyl/N-ethyl adjacent to an activating group) is 1. The summed E-state index contributed by atoms with van der Waals surface area (Å²) in [4.78, 5) is 41.0. The number of nitrogens with one attached hydrogen (secondary N) is 2. The van der Waals surface area contributed by atoms with Gasteiger partial charge in [-0.1, -0.05) is 30.3 Å². The maximum Gasteiger partial charge on any atom is 0.324 e. The highest BCUT2D eigenvalue weighted by atomic mass is 35.5. The quantitative estimate of drug-likeness (QED) is 0.440. The molecule has 1 aromatic heterocycles. The van der Waals surface area contributed by atoms with Crippen LogP contribution in [0.25, 0.3) is 0 Å². The minimum atomic E-state index is -0.523. The average molecular weight is 497 g/mol. The molecule has 2 aliphatic heterocycles. The number of nitrogens with two attached hydrogens (primary N) is 1. The second kappa shape index (κ2) is 9.58. The number of hydrogen-bond acceptors (Lipinski definition) is 5. The second-order valence-corrected chi connectivity index (χ2v) is 9.58. The highest BCUT2D eigenvalue weighted by Crippen LogP contribution is 2.49. The number of urea groups is 1. The largest absolute Gasteiger partial charge is 0.365 e. The molecule has 34 heavy (non-hydrogen) atoms. The summed E-state index contributed by atoms with van der Waals surface area (Å²) in [7, 11) is 2.08. The smallest absolute Gasteiger partial charge is 0.324 e. The molecular formula is C25H25ClN4O3S. The number of fused-ring (bicyclic) bond motifs is 4. The molecule has 3 amide bonds. The number of rotatable bonds is 5. The summed E-state index contributed by atoms with van der Waals surface area (Å²) >= 11 is 1.44. The molecule has 1 fully saturated rings. The van der Waals surface area contributed by atoms with E-state index in [4.69, 9.17) is 5.73 Å². The summed E-state index contributed by atoms with van der Waals surface area (Å²) in [5.41, 5.74) is 8.81. The Labute approximate surface area is 207 Å². The molecule has 0 unspecified atom stereocenters. The molecule has 0 spiro atoms. The van der Waals surface area contributed by atoms with Gasteiger partial charge in [0.1, 0.15) is 5.00 Å². The molecule has 0 saturated carbocycles. The normalized spacial score (nSPS) is 18.5. The molecule has 1 saturated heterocycles. The van der Waals surface area contributed by atoms with E-state index in [1.165, 1.54) is 11.3 Å². The minimum Gasteiger partial charge on any atom is -0.365 e. The van der Waals surface area contributed by atoms with Crippen LogP contribution in [0.5, 0.6) is 0 Å². The minimum absolute atomic E-state index is 0. The van der Waals surface area contributed by atoms with E-state index in [1.54, 1.807) is 36.4 Å². The van der Waals surface area contributed by atoms with Crippen molar-refractivity contribution in [1.82, 2.24) is 4.90 Å². The van der Waals surface area contributed by atoms with Gasteiger partial charge in [-0.25, -0.2) is 4.79 Å². The molecule has 2 aromatic carbocycles. The zero-order chi connectivity index (χ0) is 23.1. The third-order valence-electron chi connectivity index (χ3n) is 6.53. The van der Waals surface area contributed by atoms with Crippen LogP contribution in [0.1, 0.15) is 55.6 Å². The van der Waals surface area contributed by atoms with E-state index < -0.39 is 11.9 Å². The molecular weight excluding hydrogens is 472 g/mol. The SMILES string of the molecule is CN1[C@H]2CC[C@@H]1c1c(sc(NC(=O)Nc3ccc(C(=O)c4ccccc4)cc3)c1C(N)=O)C2.Cl. The fourth-order valence-electron chi connectivity index (χ4n) is 4.87. The number of ketones is 1. The van der Waals surface area contributed by atoms with Gasteiger partial charge in [-0.2, -0.15) is 0 Å². The van der Waals surface area contributed by atoms with E-state index in [0.717, 1.165) is 29.7 Å². The number of anilines is 2. The van der Waals surface area contributed by atoms with Crippen LogP contribution < -0.4 is 16.4 Å². The van der Waals surface area contributed by atoms with Crippen molar-refractivity contribution < 1.29 is 14.4 Å². The molecule has 7 nitrogen and oxygen atoms in total. The lowest BCUT2D eigenvalue weighted by atomic mass is 9.97. The van der Waals surface area contributed by atoms with E-state index in [9.17, 15) is 14.4 Å². The third kappa shape index (κ3) is 4.32. The molecule has 176 valence electrons. The fraction of sp³-hybridized carbons (Fsp3) is 0.240. The standard InChI is InChI=1S/C25H24N4O3S.ClH/c1-29-17-11-12-18(29)20-19(13-17)33-24(21(20)23(26)31)28-25(32)27-16-9-7-15(8-10-16)22(30)14-5-3-2-4-6-14;/h2-10,17-18H,11-13H2,1H3,(H2,26,31)(H2,27,28,32);1H/t17-,18+;/m0./s1. The molecule has 9 heteroatoms. The van der Waals surface area contributed by atoms with Crippen LogP contribution in [0.3, 0.4) is 0 Å². The van der Waals surface area contributed by atoms with Crippen molar-refractivity contribution in [2.24, 2.45) is 5.73 Å². The van der Waals surface area contributed by atoms with Crippen molar-refractivity contribution in [3.8, 4) is 0 Å². The Balaban J connectivity index is 0.00000274. The fourth-order valence-corrected chi connectivity index (χ4v) is 6.20. The number of nitrogens with zero attached hydrogens (tertiary/aromatic N) is 1. The van der Waals surface area contributed by atoms with Crippen LogP contribution in [0, 0.1) is 0 Å². The van der Waals surface area contributed by atoms with Crippen molar-refractivity contribution >= 4 is 52.2 Å². The molecule has 2 bridgehead atoms. The lowest BCUT2D eigenvalue weighted by Gasteiger charge is -2.31. The predicted octanol–water partition coefficient (Wildman–Crippen LogP) is 4.84. The van der Waals surface area contributed by atoms with Crippen molar-refractivity contribution in [2.45, 2.75) is 31.3 Å². The first-order valence-corrected chi connectivity index (χ1v) is 11.7. The summed E-state index contributed by atoms with van der Waals surface area (Å²) in [6, 6.07) is 15.9. The van der Waals surface area contributed by atoms with Crippen molar-refractivity contribution in [3.05, 3.63) is 81.7 Å². The number of amides is 3. The lowest BCUT2D eigenvalue weighted by Crippen LogP contribution is -2.34. The summed E-state index contributed by atoms with van der Waals surface area (Å²) in [5.74, 6) is -0.605. The lowest BCUT2D eigenvalue weighted by molar-refractivity contribution is 0.0996. The summed E-state index contributed by atoms with van der Waals surface area (Å²) in [5, 5.41) is 6.07. The highest BCUT2D eigenvalue weighted by molar-refractivity contribution is 7.17. The van der Waals surface area contributed by atoms with Crippen LogP contribution in [0.15, 0.2) is 54.6 Å². The number of carbonyl (C=O) groups excluding carboxylic acids is 3.